The lowest BCUT2D eigenvalue weighted by molar-refractivity contribution is -0.126. The number of aromatic nitrogens is 2. The minimum Gasteiger partial charge on any atom is -0.356 e. The molecular weight excluding hydrogens is 452 g/mol. The van der Waals surface area contributed by atoms with Crippen LogP contribution in [0.4, 0.5) is 0 Å². The molecule has 1 aliphatic heterocycles. The van der Waals surface area contributed by atoms with Gasteiger partial charge in [-0.15, -0.1) is 0 Å². The number of nitrogens with one attached hydrogen (secondary N) is 1. The van der Waals surface area contributed by atoms with Crippen molar-refractivity contribution in [2.75, 3.05) is 19.6 Å². The number of carbonyl (C=O) groups excluding carboxylic acids is 1. The average Bonchev–Trinajstić information content (AvgIpc) is 3.61. The van der Waals surface area contributed by atoms with Crippen LogP contribution in [0.5, 0.6) is 0 Å². The van der Waals surface area contributed by atoms with Gasteiger partial charge >= 0.3 is 0 Å². The fourth-order valence-electron chi connectivity index (χ4n) is 4.25. The van der Waals surface area contributed by atoms with Crippen molar-refractivity contribution in [3.05, 3.63) is 66.1 Å². The molecule has 8 nitrogen and oxygen atoms in total. The van der Waals surface area contributed by atoms with Crippen molar-refractivity contribution in [2.45, 2.75) is 42.9 Å². The first-order valence-corrected chi connectivity index (χ1v) is 13.2. The van der Waals surface area contributed by atoms with Gasteiger partial charge in [0.2, 0.25) is 27.6 Å². The van der Waals surface area contributed by atoms with Crippen LogP contribution >= 0.6 is 0 Å². The lowest BCUT2D eigenvalue weighted by atomic mass is 9.97. The Labute approximate surface area is 199 Å². The first-order valence-electron chi connectivity index (χ1n) is 11.8. The summed E-state index contributed by atoms with van der Waals surface area (Å²) in [4.78, 5) is 17.2. The molecule has 9 heteroatoms. The molecule has 0 spiro atoms. The second-order valence-electron chi connectivity index (χ2n) is 8.96. The van der Waals surface area contributed by atoms with Crippen molar-refractivity contribution in [2.24, 2.45) is 5.92 Å². The van der Waals surface area contributed by atoms with E-state index >= 15 is 0 Å². The van der Waals surface area contributed by atoms with Crippen LogP contribution in [0.2, 0.25) is 0 Å². The van der Waals surface area contributed by atoms with E-state index in [-0.39, 0.29) is 16.7 Å². The standard InChI is InChI=1S/C25H28N4O4S/c30-24(26-15-12-18-4-2-1-3-5-18)20-13-16-29(17-14-20)34(31,32)22-10-8-19(9-11-22)23-27-25(33-28-23)21-6-7-21/h1-5,8-11,20-21H,6-7,12-17H2,(H,26,30). The van der Waals surface area contributed by atoms with Crippen LogP contribution in [0, 0.1) is 5.92 Å². The number of hydrogen-bond donors (Lipinski definition) is 1. The molecule has 5 rings (SSSR count). The summed E-state index contributed by atoms with van der Waals surface area (Å²) >= 11 is 0. The summed E-state index contributed by atoms with van der Waals surface area (Å²) in [6, 6.07) is 16.6. The second-order valence-corrected chi connectivity index (χ2v) is 10.9. The van der Waals surface area contributed by atoms with Gasteiger partial charge in [-0.25, -0.2) is 8.42 Å². The monoisotopic (exact) mass is 480 g/mol. The molecule has 2 aliphatic rings. The van der Waals surface area contributed by atoms with Gasteiger partial charge in [-0.2, -0.15) is 9.29 Å². The van der Waals surface area contributed by atoms with Gasteiger partial charge in [0.05, 0.1) is 4.90 Å². The van der Waals surface area contributed by atoms with Crippen molar-refractivity contribution in [3.63, 3.8) is 0 Å². The molecule has 2 heterocycles. The van der Waals surface area contributed by atoms with Crippen molar-refractivity contribution >= 4 is 15.9 Å². The highest BCUT2D eigenvalue weighted by Gasteiger charge is 2.32. The van der Waals surface area contributed by atoms with Gasteiger partial charge in [-0.3, -0.25) is 4.79 Å². The predicted octanol–water partition coefficient (Wildman–Crippen LogP) is 3.37. The maximum absolute atomic E-state index is 13.1. The quantitative estimate of drug-likeness (QED) is 0.530. The van der Waals surface area contributed by atoms with Crippen LogP contribution in [0.25, 0.3) is 11.4 Å². The van der Waals surface area contributed by atoms with E-state index in [4.69, 9.17) is 4.52 Å². The van der Waals surface area contributed by atoms with Crippen LogP contribution in [-0.2, 0) is 21.2 Å². The minimum atomic E-state index is -3.62. The van der Waals surface area contributed by atoms with Crippen LogP contribution in [0.3, 0.4) is 0 Å². The molecule has 1 aromatic heterocycles. The summed E-state index contributed by atoms with van der Waals surface area (Å²) in [5.74, 6) is 1.34. The molecule has 1 saturated carbocycles. The topological polar surface area (TPSA) is 105 Å². The van der Waals surface area contributed by atoms with Gasteiger partial charge in [0.15, 0.2) is 0 Å². The Kier molecular flexibility index (Phi) is 6.47. The Balaban J connectivity index is 1.14. The number of rotatable bonds is 8. The van der Waals surface area contributed by atoms with E-state index in [1.165, 1.54) is 9.87 Å². The zero-order chi connectivity index (χ0) is 23.5. The van der Waals surface area contributed by atoms with E-state index in [1.54, 1.807) is 24.3 Å². The van der Waals surface area contributed by atoms with Gasteiger partial charge in [0.1, 0.15) is 0 Å². The highest BCUT2D eigenvalue weighted by atomic mass is 32.2. The highest BCUT2D eigenvalue weighted by molar-refractivity contribution is 7.89. The molecule has 178 valence electrons. The number of amides is 1. The largest absolute Gasteiger partial charge is 0.356 e. The third-order valence-corrected chi connectivity index (χ3v) is 8.41. The van der Waals surface area contributed by atoms with E-state index in [2.05, 4.69) is 15.5 Å². The van der Waals surface area contributed by atoms with Gasteiger partial charge in [0, 0.05) is 37.0 Å². The average molecular weight is 481 g/mol. The molecule has 1 saturated heterocycles. The number of carbonyl (C=O) groups is 1. The van der Waals surface area contributed by atoms with Crippen molar-refractivity contribution < 1.29 is 17.7 Å². The maximum atomic E-state index is 13.1. The maximum Gasteiger partial charge on any atom is 0.243 e. The molecular formula is C25H28N4O4S. The number of hydrogen-bond acceptors (Lipinski definition) is 6. The van der Waals surface area contributed by atoms with E-state index in [0.29, 0.717) is 50.1 Å². The molecule has 0 bridgehead atoms. The van der Waals surface area contributed by atoms with Crippen LogP contribution < -0.4 is 5.32 Å². The number of piperidine rings is 1. The normalized spacial score (nSPS) is 17.5. The minimum absolute atomic E-state index is 0.00279. The van der Waals surface area contributed by atoms with Crippen LogP contribution in [-0.4, -0.2) is 48.4 Å². The Bertz CT molecular complexity index is 1230. The van der Waals surface area contributed by atoms with Gasteiger partial charge in [-0.1, -0.05) is 35.5 Å². The number of sulfonamides is 1. The summed E-state index contributed by atoms with van der Waals surface area (Å²) in [6.45, 7) is 1.24. The van der Waals surface area contributed by atoms with Crippen molar-refractivity contribution in [3.8, 4) is 11.4 Å². The van der Waals surface area contributed by atoms with E-state index in [9.17, 15) is 13.2 Å². The zero-order valence-electron chi connectivity index (χ0n) is 18.9. The molecule has 0 radical (unpaired) electrons. The second kappa shape index (κ2) is 9.68. The molecule has 0 atom stereocenters. The molecule has 3 aromatic rings. The Morgan fingerprint density at radius 3 is 2.38 bits per heavy atom. The van der Waals surface area contributed by atoms with E-state index < -0.39 is 10.0 Å². The van der Waals surface area contributed by atoms with Crippen LogP contribution in [0.1, 0.15) is 43.1 Å². The summed E-state index contributed by atoms with van der Waals surface area (Å²) in [7, 11) is -3.62. The van der Waals surface area contributed by atoms with Gasteiger partial charge < -0.3 is 9.84 Å². The summed E-state index contributed by atoms with van der Waals surface area (Å²) in [5.41, 5.74) is 1.90. The van der Waals surface area contributed by atoms with Crippen LogP contribution in [0.15, 0.2) is 64.0 Å². The van der Waals surface area contributed by atoms with Crippen molar-refractivity contribution in [1.82, 2.24) is 19.8 Å². The smallest absolute Gasteiger partial charge is 0.243 e. The summed E-state index contributed by atoms with van der Waals surface area (Å²) in [6.07, 6.45) is 3.96. The summed E-state index contributed by atoms with van der Waals surface area (Å²) < 4.78 is 33.0. The molecule has 1 aliphatic carbocycles. The first-order chi connectivity index (χ1) is 16.5. The van der Waals surface area contributed by atoms with Crippen molar-refractivity contribution in [1.29, 1.82) is 0 Å². The molecule has 34 heavy (non-hydrogen) atoms. The lowest BCUT2D eigenvalue weighted by Gasteiger charge is -2.30. The molecule has 2 aromatic carbocycles. The highest BCUT2D eigenvalue weighted by Crippen LogP contribution is 2.39. The molecule has 2 fully saturated rings. The molecule has 1 amide bonds. The fourth-order valence-corrected chi connectivity index (χ4v) is 5.72. The number of benzene rings is 2. The van der Waals surface area contributed by atoms with Gasteiger partial charge in [0.25, 0.3) is 0 Å². The zero-order valence-corrected chi connectivity index (χ0v) is 19.7. The SMILES string of the molecule is O=C(NCCc1ccccc1)C1CCN(S(=O)(=O)c2ccc(-c3noc(C4CC4)n3)cc2)CC1. The Morgan fingerprint density at radius 1 is 1.00 bits per heavy atom. The third-order valence-electron chi connectivity index (χ3n) is 6.50. The number of nitrogens with zero attached hydrogens (tertiary/aromatic N) is 3. The lowest BCUT2D eigenvalue weighted by Crippen LogP contribution is -2.43. The third kappa shape index (κ3) is 5.05. The fraction of sp³-hybridized carbons (Fsp3) is 0.400. The predicted molar refractivity (Wildman–Crippen MR) is 126 cm³/mol. The van der Waals surface area contributed by atoms with E-state index in [0.717, 1.165) is 24.8 Å². The molecule has 0 unspecified atom stereocenters. The first kappa shape index (κ1) is 22.7. The van der Waals surface area contributed by atoms with Gasteiger partial charge in [-0.05, 0) is 61.9 Å². The summed E-state index contributed by atoms with van der Waals surface area (Å²) in [5, 5.41) is 7.00. The Morgan fingerprint density at radius 2 is 1.71 bits per heavy atom. The Hall–Kier alpha value is -3.04. The van der Waals surface area contributed by atoms with E-state index in [1.807, 2.05) is 30.3 Å². The molecule has 1 N–H and O–H groups in total.